The van der Waals surface area contributed by atoms with E-state index in [1.165, 1.54) is 0 Å². The molecule has 0 saturated heterocycles. The van der Waals surface area contributed by atoms with Crippen molar-refractivity contribution in [1.29, 1.82) is 0 Å². The number of nitrogens with two attached hydrogens (primary N) is 1. The SMILES string of the molecule is CC(=O)c1ccc(Oc2ccc(-c3ccc(-c4ccccc4Cl)n3Cc3cccc(N)n3)cc2)cc1.Cl. The van der Waals surface area contributed by atoms with Crippen LogP contribution in [0.5, 0.6) is 11.5 Å². The van der Waals surface area contributed by atoms with Crippen LogP contribution >= 0.6 is 24.0 Å². The van der Waals surface area contributed by atoms with Gasteiger partial charge in [0, 0.05) is 21.8 Å². The summed E-state index contributed by atoms with van der Waals surface area (Å²) in [4.78, 5) is 16.0. The zero-order valence-electron chi connectivity index (χ0n) is 20.1. The van der Waals surface area contributed by atoms with Crippen LogP contribution in [0.4, 0.5) is 5.82 Å². The number of carbonyl (C=O) groups is 1. The van der Waals surface area contributed by atoms with Gasteiger partial charge >= 0.3 is 0 Å². The molecule has 0 amide bonds. The fourth-order valence-corrected chi connectivity index (χ4v) is 4.36. The van der Waals surface area contributed by atoms with Gasteiger partial charge in [0.15, 0.2) is 5.78 Å². The van der Waals surface area contributed by atoms with E-state index in [9.17, 15) is 4.79 Å². The zero-order valence-corrected chi connectivity index (χ0v) is 21.7. The van der Waals surface area contributed by atoms with E-state index in [-0.39, 0.29) is 18.2 Å². The van der Waals surface area contributed by atoms with Gasteiger partial charge in [-0.1, -0.05) is 35.9 Å². The molecule has 0 saturated carbocycles. The van der Waals surface area contributed by atoms with Crippen molar-refractivity contribution in [3.63, 3.8) is 0 Å². The van der Waals surface area contributed by atoms with Crippen molar-refractivity contribution in [2.75, 3.05) is 5.73 Å². The predicted molar refractivity (Wildman–Crippen MR) is 152 cm³/mol. The van der Waals surface area contributed by atoms with Gasteiger partial charge in [0.1, 0.15) is 17.3 Å². The van der Waals surface area contributed by atoms with Crippen LogP contribution in [0, 0.1) is 0 Å². The third-order valence-corrected chi connectivity index (χ3v) is 6.26. The van der Waals surface area contributed by atoms with Crippen molar-refractivity contribution in [3.05, 3.63) is 119 Å². The highest BCUT2D eigenvalue weighted by Crippen LogP contribution is 2.34. The molecule has 0 aliphatic heterocycles. The maximum atomic E-state index is 11.5. The molecule has 7 heteroatoms. The molecule has 0 radical (unpaired) electrons. The summed E-state index contributed by atoms with van der Waals surface area (Å²) in [6.45, 7) is 2.08. The Kier molecular flexibility index (Phi) is 7.97. The topological polar surface area (TPSA) is 70.1 Å². The molecule has 2 heterocycles. The van der Waals surface area contributed by atoms with E-state index in [0.717, 1.165) is 28.2 Å². The van der Waals surface area contributed by atoms with E-state index >= 15 is 0 Å². The Morgan fingerprint density at radius 1 is 0.838 bits per heavy atom. The summed E-state index contributed by atoms with van der Waals surface area (Å²) in [5.41, 5.74) is 11.4. The number of nitrogen functional groups attached to an aromatic ring is 1. The number of pyridine rings is 1. The van der Waals surface area contributed by atoms with E-state index in [4.69, 9.17) is 22.1 Å². The molecule has 5 nitrogen and oxygen atoms in total. The first-order valence-corrected chi connectivity index (χ1v) is 11.9. The molecule has 5 rings (SSSR count). The molecule has 3 aromatic carbocycles. The molecule has 0 fully saturated rings. The largest absolute Gasteiger partial charge is 0.457 e. The maximum absolute atomic E-state index is 11.5. The minimum absolute atomic E-state index is 0. The second kappa shape index (κ2) is 11.3. The Balaban J connectivity index is 0.00000320. The van der Waals surface area contributed by atoms with Crippen molar-refractivity contribution in [1.82, 2.24) is 9.55 Å². The van der Waals surface area contributed by atoms with Crippen LogP contribution in [-0.2, 0) is 6.54 Å². The molecular formula is C30H25Cl2N3O2. The van der Waals surface area contributed by atoms with Crippen molar-refractivity contribution < 1.29 is 9.53 Å². The Morgan fingerprint density at radius 3 is 2.14 bits per heavy atom. The molecular weight excluding hydrogens is 505 g/mol. The third-order valence-electron chi connectivity index (χ3n) is 5.93. The fourth-order valence-electron chi connectivity index (χ4n) is 4.13. The Morgan fingerprint density at radius 2 is 1.49 bits per heavy atom. The highest BCUT2D eigenvalue weighted by Gasteiger charge is 2.15. The van der Waals surface area contributed by atoms with Crippen LogP contribution in [0.1, 0.15) is 23.0 Å². The van der Waals surface area contributed by atoms with E-state index in [1.54, 1.807) is 37.3 Å². The first-order chi connectivity index (χ1) is 17.5. The lowest BCUT2D eigenvalue weighted by Crippen LogP contribution is -2.06. The van der Waals surface area contributed by atoms with Crippen LogP contribution in [0.2, 0.25) is 5.02 Å². The van der Waals surface area contributed by atoms with Crippen LogP contribution in [-0.4, -0.2) is 15.3 Å². The first-order valence-electron chi connectivity index (χ1n) is 11.5. The van der Waals surface area contributed by atoms with Crippen molar-refractivity contribution in [3.8, 4) is 34.0 Å². The average Bonchev–Trinajstić information content (AvgIpc) is 3.28. The van der Waals surface area contributed by atoms with Gasteiger partial charge in [-0.05, 0) is 91.3 Å². The first kappa shape index (κ1) is 26.0. The van der Waals surface area contributed by atoms with E-state index < -0.39 is 0 Å². The molecule has 0 aliphatic carbocycles. The van der Waals surface area contributed by atoms with Gasteiger partial charge in [-0.3, -0.25) is 4.79 Å². The van der Waals surface area contributed by atoms with Crippen LogP contribution in [0.25, 0.3) is 22.5 Å². The van der Waals surface area contributed by atoms with Crippen LogP contribution < -0.4 is 10.5 Å². The highest BCUT2D eigenvalue weighted by molar-refractivity contribution is 6.33. The molecule has 0 atom stereocenters. The summed E-state index contributed by atoms with van der Waals surface area (Å²) in [5, 5.41) is 0.684. The predicted octanol–water partition coefficient (Wildman–Crippen LogP) is 7.92. The van der Waals surface area contributed by atoms with E-state index in [0.29, 0.717) is 34.4 Å². The number of ketones is 1. The molecule has 0 unspecified atom stereocenters. The number of ether oxygens (including phenoxy) is 1. The molecule has 0 bridgehead atoms. The Bertz CT molecular complexity index is 1530. The normalized spacial score (nSPS) is 10.5. The van der Waals surface area contributed by atoms with Gasteiger partial charge in [0.2, 0.25) is 0 Å². The number of anilines is 1. The third kappa shape index (κ3) is 5.85. The number of rotatable bonds is 7. The smallest absolute Gasteiger partial charge is 0.159 e. The summed E-state index contributed by atoms with van der Waals surface area (Å²) in [6, 6.07) is 32.6. The summed E-state index contributed by atoms with van der Waals surface area (Å²) in [6.07, 6.45) is 0. The Hall–Kier alpha value is -4.06. The second-order valence-electron chi connectivity index (χ2n) is 8.43. The van der Waals surface area contributed by atoms with Crippen molar-refractivity contribution in [2.24, 2.45) is 0 Å². The fraction of sp³-hybridized carbons (Fsp3) is 0.0667. The van der Waals surface area contributed by atoms with Gasteiger partial charge in [0.05, 0.1) is 17.9 Å². The second-order valence-corrected chi connectivity index (χ2v) is 8.84. The van der Waals surface area contributed by atoms with Gasteiger partial charge in [-0.2, -0.15) is 0 Å². The lowest BCUT2D eigenvalue weighted by Gasteiger charge is -2.15. The number of nitrogens with zero attached hydrogens (tertiary/aromatic N) is 2. The molecule has 2 N–H and O–H groups in total. The van der Waals surface area contributed by atoms with Crippen LogP contribution in [0.3, 0.4) is 0 Å². The summed E-state index contributed by atoms with van der Waals surface area (Å²) in [7, 11) is 0. The summed E-state index contributed by atoms with van der Waals surface area (Å²) >= 11 is 6.55. The van der Waals surface area contributed by atoms with Gasteiger partial charge in [0.25, 0.3) is 0 Å². The quantitative estimate of drug-likeness (QED) is 0.217. The summed E-state index contributed by atoms with van der Waals surface area (Å²) in [5.74, 6) is 1.89. The number of benzene rings is 3. The van der Waals surface area contributed by atoms with E-state index in [1.807, 2.05) is 60.7 Å². The minimum Gasteiger partial charge on any atom is -0.457 e. The molecule has 186 valence electrons. The molecule has 5 aromatic rings. The van der Waals surface area contributed by atoms with Gasteiger partial charge in [-0.15, -0.1) is 12.4 Å². The molecule has 0 aliphatic rings. The maximum Gasteiger partial charge on any atom is 0.159 e. The lowest BCUT2D eigenvalue weighted by atomic mass is 10.1. The number of carbonyl (C=O) groups excluding carboxylic acids is 1. The monoisotopic (exact) mass is 529 g/mol. The summed E-state index contributed by atoms with van der Waals surface area (Å²) < 4.78 is 8.17. The highest BCUT2D eigenvalue weighted by atomic mass is 35.5. The number of Topliss-reactive ketones (excluding diaryl/α,β-unsaturated/α-hetero) is 1. The van der Waals surface area contributed by atoms with E-state index in [2.05, 4.69) is 21.7 Å². The molecule has 2 aromatic heterocycles. The lowest BCUT2D eigenvalue weighted by molar-refractivity contribution is 0.101. The van der Waals surface area contributed by atoms with Gasteiger partial charge < -0.3 is 15.0 Å². The number of hydrogen-bond donors (Lipinski definition) is 1. The standard InChI is InChI=1S/C30H24ClN3O2.ClH/c1-20(35)21-9-13-24(14-10-21)36-25-15-11-22(12-16-25)28-17-18-29(26-6-2-3-7-27(26)31)34(28)19-23-5-4-8-30(32)33-23;/h2-18H,19H2,1H3,(H2,32,33);1H. The zero-order chi connectivity index (χ0) is 25.1. The van der Waals surface area contributed by atoms with Crippen molar-refractivity contribution >= 4 is 35.6 Å². The Labute approximate surface area is 226 Å². The van der Waals surface area contributed by atoms with Gasteiger partial charge in [-0.25, -0.2) is 4.98 Å². The molecule has 37 heavy (non-hydrogen) atoms. The molecule has 0 spiro atoms. The van der Waals surface area contributed by atoms with Crippen LogP contribution in [0.15, 0.2) is 103 Å². The minimum atomic E-state index is 0. The number of hydrogen-bond acceptors (Lipinski definition) is 4. The number of aromatic nitrogens is 2. The van der Waals surface area contributed by atoms with Crippen molar-refractivity contribution in [2.45, 2.75) is 13.5 Å². The average molecular weight is 530 g/mol. The number of halogens is 2.